The molecule has 0 rings (SSSR count). The van der Waals surface area contributed by atoms with Gasteiger partial charge < -0.3 is 15.5 Å². The summed E-state index contributed by atoms with van der Waals surface area (Å²) >= 11 is 0. The van der Waals surface area contributed by atoms with Gasteiger partial charge in [0.25, 0.3) is 0 Å². The fourth-order valence-corrected chi connectivity index (χ4v) is 1.24. The van der Waals surface area contributed by atoms with Crippen LogP contribution in [0.4, 0.5) is 0 Å². The molecule has 0 saturated carbocycles. The summed E-state index contributed by atoms with van der Waals surface area (Å²) in [7, 11) is 0. The molecule has 0 aromatic heterocycles. The highest BCUT2D eigenvalue weighted by molar-refractivity contribution is 5.70. The molecule has 0 radical (unpaired) electrons. The van der Waals surface area contributed by atoms with Gasteiger partial charge in [0.2, 0.25) is 6.04 Å². The van der Waals surface area contributed by atoms with Gasteiger partial charge in [-0.25, -0.2) is 0 Å². The average Bonchev–Trinajstić information content (AvgIpc) is 2.21. The normalized spacial score (nSPS) is 13.9. The van der Waals surface area contributed by atoms with E-state index in [-0.39, 0.29) is 25.9 Å². The number of nitrogens with one attached hydrogen (secondary N) is 1. The third kappa shape index (κ3) is 7.23. The summed E-state index contributed by atoms with van der Waals surface area (Å²) in [4.78, 5) is 30.9. The van der Waals surface area contributed by atoms with Gasteiger partial charge in [-0.1, -0.05) is 0 Å². The van der Waals surface area contributed by atoms with Crippen molar-refractivity contribution in [2.75, 3.05) is 13.1 Å². The van der Waals surface area contributed by atoms with Gasteiger partial charge in [-0.3, -0.25) is 19.7 Å². The van der Waals surface area contributed by atoms with Crippen molar-refractivity contribution in [2.45, 2.75) is 25.8 Å². The van der Waals surface area contributed by atoms with Crippen molar-refractivity contribution in [1.82, 2.24) is 5.32 Å². The number of carboxylic acids is 2. The van der Waals surface area contributed by atoms with Crippen LogP contribution in [0.2, 0.25) is 0 Å². The van der Waals surface area contributed by atoms with Crippen molar-refractivity contribution >= 4 is 11.9 Å². The molecule has 0 aliphatic heterocycles. The summed E-state index contributed by atoms with van der Waals surface area (Å²) in [6, 6.07) is -0.933. The molecule has 0 bridgehead atoms. The van der Waals surface area contributed by atoms with Crippen LogP contribution < -0.4 is 5.32 Å². The lowest BCUT2D eigenvalue weighted by molar-refractivity contribution is -0.519. The number of carbonyl (C=O) groups is 2. The van der Waals surface area contributed by atoms with E-state index in [1.54, 1.807) is 0 Å². The molecule has 2 unspecified atom stereocenters. The highest BCUT2D eigenvalue weighted by Gasteiger charge is 2.25. The highest BCUT2D eigenvalue weighted by Crippen LogP contribution is 2.08. The number of nitro groups is 1. The topological polar surface area (TPSA) is 130 Å². The lowest BCUT2D eigenvalue weighted by Crippen LogP contribution is -2.33. The van der Waals surface area contributed by atoms with E-state index in [2.05, 4.69) is 5.32 Å². The second kappa shape index (κ2) is 7.55. The minimum atomic E-state index is -1.12. The summed E-state index contributed by atoms with van der Waals surface area (Å²) < 4.78 is 0. The number of carboxylic acid groups (broad SMARTS) is 2. The minimum absolute atomic E-state index is 0.0286. The molecule has 0 heterocycles. The zero-order valence-corrected chi connectivity index (χ0v) is 9.46. The van der Waals surface area contributed by atoms with E-state index in [1.807, 2.05) is 0 Å². The lowest BCUT2D eigenvalue weighted by Gasteiger charge is -2.13. The summed E-state index contributed by atoms with van der Waals surface area (Å²) in [6.45, 7) is 1.51. The molecule has 3 N–H and O–H groups in total. The standard InChI is InChI=1S/C9H16N2O6/c1-6(11(16)17)4-7(9(14)15)5-10-3-2-8(12)13/h6-7,10H,2-5H2,1H3,(H,12,13)(H,14,15). The van der Waals surface area contributed by atoms with E-state index in [0.717, 1.165) is 0 Å². The van der Waals surface area contributed by atoms with Crippen molar-refractivity contribution < 1.29 is 24.7 Å². The fraction of sp³-hybridized carbons (Fsp3) is 0.778. The molecule has 2 atom stereocenters. The van der Waals surface area contributed by atoms with Crippen molar-refractivity contribution in [1.29, 1.82) is 0 Å². The Bertz CT molecular complexity index is 293. The first-order valence-electron chi connectivity index (χ1n) is 5.13. The third-order valence-corrected chi connectivity index (χ3v) is 2.24. The number of hydrogen-bond donors (Lipinski definition) is 3. The second-order valence-corrected chi connectivity index (χ2v) is 3.75. The van der Waals surface area contributed by atoms with Gasteiger partial charge >= 0.3 is 11.9 Å². The Hall–Kier alpha value is -1.70. The molecule has 0 aliphatic carbocycles. The van der Waals surface area contributed by atoms with Gasteiger partial charge in [0.15, 0.2) is 0 Å². The first kappa shape index (κ1) is 15.3. The van der Waals surface area contributed by atoms with Gasteiger partial charge in [-0.05, 0) is 0 Å². The van der Waals surface area contributed by atoms with Crippen LogP contribution in [-0.4, -0.2) is 46.2 Å². The zero-order valence-electron chi connectivity index (χ0n) is 9.46. The summed E-state index contributed by atoms with van der Waals surface area (Å²) in [5.41, 5.74) is 0. The highest BCUT2D eigenvalue weighted by atomic mass is 16.6. The smallest absolute Gasteiger partial charge is 0.308 e. The second-order valence-electron chi connectivity index (χ2n) is 3.75. The molecule has 98 valence electrons. The van der Waals surface area contributed by atoms with Crippen molar-refractivity contribution in [3.8, 4) is 0 Å². The predicted molar refractivity (Wildman–Crippen MR) is 57.3 cm³/mol. The molecule has 0 aromatic carbocycles. The van der Waals surface area contributed by atoms with Crippen LogP contribution in [0.15, 0.2) is 0 Å². The van der Waals surface area contributed by atoms with Crippen molar-refractivity contribution in [3.63, 3.8) is 0 Å². The van der Waals surface area contributed by atoms with Crippen LogP contribution in [0.3, 0.4) is 0 Å². The van der Waals surface area contributed by atoms with Gasteiger partial charge in [-0.2, -0.15) is 0 Å². The maximum absolute atomic E-state index is 10.8. The number of nitrogens with zero attached hydrogens (tertiary/aromatic N) is 1. The minimum Gasteiger partial charge on any atom is -0.481 e. The fourth-order valence-electron chi connectivity index (χ4n) is 1.24. The third-order valence-electron chi connectivity index (χ3n) is 2.24. The Morgan fingerprint density at radius 1 is 1.41 bits per heavy atom. The number of hydrogen-bond acceptors (Lipinski definition) is 5. The van der Waals surface area contributed by atoms with E-state index in [4.69, 9.17) is 10.2 Å². The number of rotatable bonds is 9. The Labute approximate surface area is 97.8 Å². The van der Waals surface area contributed by atoms with E-state index in [9.17, 15) is 19.7 Å². The number of aliphatic carboxylic acids is 2. The van der Waals surface area contributed by atoms with E-state index < -0.39 is 28.8 Å². The predicted octanol–water partition coefficient (Wildman–Crippen LogP) is -0.193. The Morgan fingerprint density at radius 2 is 2.00 bits per heavy atom. The van der Waals surface area contributed by atoms with Crippen molar-refractivity contribution in [3.05, 3.63) is 10.1 Å². The average molecular weight is 248 g/mol. The van der Waals surface area contributed by atoms with Crippen LogP contribution >= 0.6 is 0 Å². The maximum atomic E-state index is 10.8. The molecule has 0 amide bonds. The van der Waals surface area contributed by atoms with Crippen LogP contribution in [0, 0.1) is 16.0 Å². The van der Waals surface area contributed by atoms with E-state index in [1.165, 1.54) is 6.92 Å². The van der Waals surface area contributed by atoms with Crippen LogP contribution in [0.1, 0.15) is 19.8 Å². The van der Waals surface area contributed by atoms with Gasteiger partial charge in [0.05, 0.1) is 12.3 Å². The maximum Gasteiger partial charge on any atom is 0.308 e. The molecule has 0 aliphatic rings. The van der Waals surface area contributed by atoms with Crippen LogP contribution in [-0.2, 0) is 9.59 Å². The Kier molecular flexibility index (Phi) is 6.80. The molecule has 0 aromatic rings. The molecule has 0 fully saturated rings. The van der Waals surface area contributed by atoms with Gasteiger partial charge in [0, 0.05) is 31.4 Å². The van der Waals surface area contributed by atoms with Gasteiger partial charge in [-0.15, -0.1) is 0 Å². The molecule has 8 nitrogen and oxygen atoms in total. The van der Waals surface area contributed by atoms with Crippen LogP contribution in [0.5, 0.6) is 0 Å². The SMILES string of the molecule is CC(CC(CNCCC(=O)O)C(=O)O)[N+](=O)[O-]. The van der Waals surface area contributed by atoms with Crippen molar-refractivity contribution in [2.24, 2.45) is 5.92 Å². The molecule has 8 heteroatoms. The zero-order chi connectivity index (χ0) is 13.4. The van der Waals surface area contributed by atoms with Gasteiger partial charge in [0.1, 0.15) is 0 Å². The summed E-state index contributed by atoms with van der Waals surface area (Å²) in [5.74, 6) is -2.99. The van der Waals surface area contributed by atoms with E-state index in [0.29, 0.717) is 0 Å². The van der Waals surface area contributed by atoms with E-state index >= 15 is 0 Å². The lowest BCUT2D eigenvalue weighted by atomic mass is 10.0. The quantitative estimate of drug-likeness (QED) is 0.293. The first-order valence-corrected chi connectivity index (χ1v) is 5.13. The summed E-state index contributed by atoms with van der Waals surface area (Å²) in [6.07, 6.45) is -0.195. The molecule has 17 heavy (non-hydrogen) atoms. The molecule has 0 saturated heterocycles. The Balaban J connectivity index is 4.03. The molecule has 0 spiro atoms. The Morgan fingerprint density at radius 3 is 2.41 bits per heavy atom. The first-order chi connectivity index (χ1) is 7.84. The van der Waals surface area contributed by atoms with Crippen LogP contribution in [0.25, 0.3) is 0 Å². The molecular weight excluding hydrogens is 232 g/mol. The largest absolute Gasteiger partial charge is 0.481 e. The summed E-state index contributed by atoms with van der Waals surface area (Å²) in [5, 5.41) is 30.2. The molecular formula is C9H16N2O6. The monoisotopic (exact) mass is 248 g/mol.